The fraction of sp³-hybridized carbons (Fsp3) is 0.500. The van der Waals surface area contributed by atoms with E-state index in [1.54, 1.807) is 0 Å². The minimum absolute atomic E-state index is 0.167. The zero-order chi connectivity index (χ0) is 18.9. The van der Waals surface area contributed by atoms with Crippen LogP contribution in [0.5, 0.6) is 5.75 Å². The molecule has 0 heterocycles. The monoisotopic (exact) mass is 336 g/mol. The van der Waals surface area contributed by atoms with E-state index < -0.39 is 0 Å². The van der Waals surface area contributed by atoms with Crippen molar-refractivity contribution in [1.29, 1.82) is 0 Å². The van der Waals surface area contributed by atoms with Crippen molar-refractivity contribution < 1.29 is 5.11 Å². The predicted molar refractivity (Wildman–Crippen MR) is 109 cm³/mol. The molecule has 1 N–H and O–H groups in total. The SMILES string of the molecule is [C]=C(CC)c1c(CC)c(C(C)(C)C)c(O)c2c(CC)c(CC)ccc12. The van der Waals surface area contributed by atoms with Gasteiger partial charge in [-0.15, -0.1) is 0 Å². The Morgan fingerprint density at radius 3 is 2.00 bits per heavy atom. The Labute approximate surface area is 153 Å². The molecule has 134 valence electrons. The van der Waals surface area contributed by atoms with Gasteiger partial charge in [0.2, 0.25) is 0 Å². The molecule has 0 saturated heterocycles. The van der Waals surface area contributed by atoms with Gasteiger partial charge in [-0.05, 0) is 70.9 Å². The Morgan fingerprint density at radius 1 is 0.960 bits per heavy atom. The largest absolute Gasteiger partial charge is 0.507 e. The number of fused-ring (bicyclic) bond motifs is 1. The molecule has 0 spiro atoms. The average Bonchev–Trinajstić information content (AvgIpc) is 2.58. The lowest BCUT2D eigenvalue weighted by Gasteiger charge is -2.29. The van der Waals surface area contributed by atoms with Gasteiger partial charge < -0.3 is 5.11 Å². The third-order valence-electron chi connectivity index (χ3n) is 5.25. The highest BCUT2D eigenvalue weighted by molar-refractivity contribution is 6.02. The van der Waals surface area contributed by atoms with Crippen molar-refractivity contribution in [2.24, 2.45) is 0 Å². The summed E-state index contributed by atoms with van der Waals surface area (Å²) in [5, 5.41) is 13.4. The summed E-state index contributed by atoms with van der Waals surface area (Å²) >= 11 is 0. The number of aromatic hydroxyl groups is 1. The molecular weight excluding hydrogens is 304 g/mol. The van der Waals surface area contributed by atoms with Crippen LogP contribution in [0.2, 0.25) is 0 Å². The summed E-state index contributed by atoms with van der Waals surface area (Å²) in [6.07, 6.45) is 3.37. The van der Waals surface area contributed by atoms with E-state index in [0.29, 0.717) is 17.7 Å². The van der Waals surface area contributed by atoms with Crippen LogP contribution in [-0.2, 0) is 24.7 Å². The van der Waals surface area contributed by atoms with Crippen LogP contribution in [0.15, 0.2) is 12.1 Å². The number of phenols is 1. The molecule has 0 saturated carbocycles. The number of phenolic OH excluding ortho intramolecular Hbond substituents is 1. The molecule has 1 heteroatoms. The molecule has 1 nitrogen and oxygen atoms in total. The van der Waals surface area contributed by atoms with Gasteiger partial charge in [0.25, 0.3) is 0 Å². The molecule has 25 heavy (non-hydrogen) atoms. The normalized spacial score (nSPS) is 12.0. The van der Waals surface area contributed by atoms with Crippen LogP contribution < -0.4 is 0 Å². The molecular formula is C24H32O. The summed E-state index contributed by atoms with van der Waals surface area (Å²) in [5.74, 6) is 0.430. The molecule has 0 atom stereocenters. The number of rotatable bonds is 5. The van der Waals surface area contributed by atoms with Gasteiger partial charge in [0.1, 0.15) is 5.75 Å². The first kappa shape index (κ1) is 19.6. The van der Waals surface area contributed by atoms with Crippen LogP contribution in [0.1, 0.15) is 82.7 Å². The lowest BCUT2D eigenvalue weighted by atomic mass is 9.76. The predicted octanol–water partition coefficient (Wildman–Crippen LogP) is 6.63. The number of aryl methyl sites for hydroxylation is 2. The first-order valence-corrected chi connectivity index (χ1v) is 9.63. The van der Waals surface area contributed by atoms with Crippen molar-refractivity contribution in [3.63, 3.8) is 0 Å². The first-order valence-electron chi connectivity index (χ1n) is 9.63. The van der Waals surface area contributed by atoms with E-state index in [-0.39, 0.29) is 5.41 Å². The Balaban J connectivity index is 3.17. The summed E-state index contributed by atoms with van der Waals surface area (Å²) in [5.41, 5.74) is 6.21. The van der Waals surface area contributed by atoms with Crippen LogP contribution in [0.25, 0.3) is 16.3 Å². The number of hydrogen-bond donors (Lipinski definition) is 1. The third kappa shape index (κ3) is 3.21. The molecule has 0 aromatic heterocycles. The van der Waals surface area contributed by atoms with Crippen molar-refractivity contribution in [1.82, 2.24) is 0 Å². The molecule has 0 aliphatic heterocycles. The van der Waals surface area contributed by atoms with Gasteiger partial charge in [0, 0.05) is 10.9 Å². The van der Waals surface area contributed by atoms with Gasteiger partial charge >= 0.3 is 0 Å². The van der Waals surface area contributed by atoms with Crippen molar-refractivity contribution in [3.8, 4) is 5.75 Å². The van der Waals surface area contributed by atoms with E-state index in [1.165, 1.54) is 11.1 Å². The second kappa shape index (κ2) is 7.23. The minimum Gasteiger partial charge on any atom is -0.507 e. The van der Waals surface area contributed by atoms with Crippen LogP contribution in [0.4, 0.5) is 0 Å². The lowest BCUT2D eigenvalue weighted by molar-refractivity contribution is 0.450. The topological polar surface area (TPSA) is 20.2 Å². The molecule has 2 aromatic carbocycles. The van der Waals surface area contributed by atoms with Gasteiger partial charge in [-0.3, -0.25) is 0 Å². The fourth-order valence-electron chi connectivity index (χ4n) is 4.14. The lowest BCUT2D eigenvalue weighted by Crippen LogP contribution is -2.17. The van der Waals surface area contributed by atoms with Crippen molar-refractivity contribution in [2.75, 3.05) is 0 Å². The summed E-state index contributed by atoms with van der Waals surface area (Å²) in [7, 11) is 0. The quantitative estimate of drug-likeness (QED) is 0.649. The molecule has 0 amide bonds. The molecule has 0 bridgehead atoms. The van der Waals surface area contributed by atoms with E-state index in [4.69, 9.17) is 6.58 Å². The fourth-order valence-corrected chi connectivity index (χ4v) is 4.14. The maximum Gasteiger partial charge on any atom is 0.127 e. The molecule has 0 aliphatic rings. The van der Waals surface area contributed by atoms with E-state index in [2.05, 4.69) is 53.7 Å². The molecule has 0 unspecified atom stereocenters. The molecule has 0 fully saturated rings. The van der Waals surface area contributed by atoms with E-state index in [9.17, 15) is 5.11 Å². The van der Waals surface area contributed by atoms with Crippen molar-refractivity contribution in [2.45, 2.75) is 79.6 Å². The summed E-state index contributed by atoms with van der Waals surface area (Å²) in [4.78, 5) is 0. The molecule has 2 rings (SSSR count). The molecule has 2 aromatic rings. The van der Waals surface area contributed by atoms with Gasteiger partial charge in [-0.2, -0.15) is 0 Å². The van der Waals surface area contributed by atoms with E-state index in [0.717, 1.165) is 46.7 Å². The van der Waals surface area contributed by atoms with Crippen molar-refractivity contribution >= 4 is 16.3 Å². The summed E-state index contributed by atoms with van der Waals surface area (Å²) in [6, 6.07) is 4.31. The highest BCUT2D eigenvalue weighted by Gasteiger charge is 2.28. The Hall–Kier alpha value is -1.76. The zero-order valence-electron chi connectivity index (χ0n) is 16.9. The second-order valence-electron chi connectivity index (χ2n) is 7.85. The van der Waals surface area contributed by atoms with Gasteiger partial charge in [0.05, 0.1) is 0 Å². The highest BCUT2D eigenvalue weighted by atomic mass is 16.3. The standard InChI is InChI=1S/C24H32O/c1-9-15(5)20-18(12-4)22(24(6,7)8)23(25)21-17(11-3)16(10-2)13-14-19(20)21/h13-14,25H,9-12H2,1-4,6-8H3. The number of benzene rings is 2. The van der Waals surface area contributed by atoms with Gasteiger partial charge in [-0.1, -0.05) is 60.6 Å². The Morgan fingerprint density at radius 2 is 1.56 bits per heavy atom. The maximum absolute atomic E-state index is 11.3. The van der Waals surface area contributed by atoms with Crippen LogP contribution in [-0.4, -0.2) is 5.11 Å². The van der Waals surface area contributed by atoms with E-state index in [1.807, 2.05) is 6.92 Å². The number of hydrogen-bond acceptors (Lipinski definition) is 1. The number of allylic oxidation sites excluding steroid dienone is 1. The second-order valence-corrected chi connectivity index (χ2v) is 7.85. The van der Waals surface area contributed by atoms with Gasteiger partial charge in [-0.25, -0.2) is 0 Å². The van der Waals surface area contributed by atoms with Crippen LogP contribution in [0.3, 0.4) is 0 Å². The first-order chi connectivity index (χ1) is 11.7. The zero-order valence-corrected chi connectivity index (χ0v) is 16.9. The minimum atomic E-state index is -0.167. The Bertz CT molecular complexity index is 803. The molecule has 2 radical (unpaired) electrons. The average molecular weight is 337 g/mol. The third-order valence-corrected chi connectivity index (χ3v) is 5.25. The van der Waals surface area contributed by atoms with Crippen LogP contribution in [0, 0.1) is 6.58 Å². The maximum atomic E-state index is 11.3. The smallest absolute Gasteiger partial charge is 0.127 e. The van der Waals surface area contributed by atoms with E-state index >= 15 is 0 Å². The van der Waals surface area contributed by atoms with Crippen molar-refractivity contribution in [3.05, 3.63) is 46.5 Å². The summed E-state index contributed by atoms with van der Waals surface area (Å²) in [6.45, 7) is 23.6. The van der Waals surface area contributed by atoms with Gasteiger partial charge in [0.15, 0.2) is 0 Å². The highest BCUT2D eigenvalue weighted by Crippen LogP contribution is 2.46. The Kier molecular flexibility index (Phi) is 5.66. The van der Waals surface area contributed by atoms with Crippen LogP contribution >= 0.6 is 0 Å². The molecule has 0 aliphatic carbocycles. The summed E-state index contributed by atoms with van der Waals surface area (Å²) < 4.78 is 0.